The molecule has 1 aromatic rings. The van der Waals surface area contributed by atoms with Crippen molar-refractivity contribution in [3.63, 3.8) is 0 Å². The Hall–Kier alpha value is -0.970. The molecular weight excluding hydrogens is 285 g/mol. The predicted molar refractivity (Wildman–Crippen MR) is 80.9 cm³/mol. The molecule has 0 spiro atoms. The second-order valence-corrected chi connectivity index (χ2v) is 5.80. The molecule has 1 aromatic carbocycles. The fourth-order valence-corrected chi connectivity index (χ4v) is 1.72. The van der Waals surface area contributed by atoms with Crippen LogP contribution in [0.1, 0.15) is 20.8 Å². The van der Waals surface area contributed by atoms with E-state index < -0.39 is 5.54 Å². The summed E-state index contributed by atoms with van der Waals surface area (Å²) in [6.07, 6.45) is 0. The number of urea groups is 1. The molecule has 0 saturated carbocycles. The number of nitrogens with one attached hydrogen (secondary N) is 2. The molecule has 0 heterocycles. The zero-order valence-electron chi connectivity index (χ0n) is 11.3. The van der Waals surface area contributed by atoms with Gasteiger partial charge in [-0.15, -0.1) is 0 Å². The van der Waals surface area contributed by atoms with Crippen molar-refractivity contribution in [3.05, 3.63) is 28.2 Å². The molecule has 6 heteroatoms. The van der Waals surface area contributed by atoms with Crippen LogP contribution in [0.4, 0.5) is 10.5 Å². The Labute approximate surface area is 123 Å². The quantitative estimate of drug-likeness (QED) is 0.797. The first-order valence-corrected chi connectivity index (χ1v) is 6.78. The largest absolute Gasteiger partial charge is 0.331 e. The minimum absolute atomic E-state index is 0.219. The number of amides is 2. The van der Waals surface area contributed by atoms with Gasteiger partial charge in [-0.2, -0.15) is 0 Å². The minimum atomic E-state index is -0.458. The second kappa shape index (κ2) is 6.46. The molecule has 106 valence electrons. The summed E-state index contributed by atoms with van der Waals surface area (Å²) in [6.45, 7) is 6.28. The van der Waals surface area contributed by atoms with Crippen molar-refractivity contribution < 1.29 is 4.79 Å². The summed E-state index contributed by atoms with van der Waals surface area (Å²) in [7, 11) is 0. The third-order valence-corrected chi connectivity index (χ3v) is 4.01. The van der Waals surface area contributed by atoms with E-state index >= 15 is 0 Å². The van der Waals surface area contributed by atoms with Gasteiger partial charge in [0.2, 0.25) is 0 Å². The van der Waals surface area contributed by atoms with Crippen molar-refractivity contribution in [3.8, 4) is 0 Å². The number of hydrogen-bond acceptors (Lipinski definition) is 2. The first kappa shape index (κ1) is 16.1. The number of anilines is 1. The van der Waals surface area contributed by atoms with E-state index in [2.05, 4.69) is 10.6 Å². The third-order valence-electron chi connectivity index (χ3n) is 3.27. The molecule has 2 amide bonds. The first-order chi connectivity index (χ1) is 8.78. The van der Waals surface area contributed by atoms with Crippen molar-refractivity contribution in [2.24, 2.45) is 11.7 Å². The van der Waals surface area contributed by atoms with E-state index in [1.165, 1.54) is 0 Å². The van der Waals surface area contributed by atoms with Gasteiger partial charge < -0.3 is 16.4 Å². The monoisotopic (exact) mass is 303 g/mol. The molecular formula is C13H19Cl2N3O. The standard InChI is InChI=1S/C13H19Cl2N3O/c1-8(2)13(3,7-16)18-12(19)17-9-4-5-10(14)11(15)6-9/h4-6,8H,7,16H2,1-3H3,(H2,17,18,19). The summed E-state index contributed by atoms with van der Waals surface area (Å²) < 4.78 is 0. The lowest BCUT2D eigenvalue weighted by Crippen LogP contribution is -2.56. The second-order valence-electron chi connectivity index (χ2n) is 4.98. The van der Waals surface area contributed by atoms with Crippen LogP contribution in [0.15, 0.2) is 18.2 Å². The molecule has 1 atom stereocenters. The maximum atomic E-state index is 11.9. The highest BCUT2D eigenvalue weighted by Gasteiger charge is 2.28. The van der Waals surface area contributed by atoms with Gasteiger partial charge in [0.05, 0.1) is 15.6 Å². The third kappa shape index (κ3) is 4.27. The lowest BCUT2D eigenvalue weighted by molar-refractivity contribution is 0.225. The minimum Gasteiger partial charge on any atom is -0.331 e. The van der Waals surface area contributed by atoms with E-state index in [1.54, 1.807) is 18.2 Å². The van der Waals surface area contributed by atoms with E-state index in [1.807, 2.05) is 20.8 Å². The molecule has 0 saturated heterocycles. The Morgan fingerprint density at radius 3 is 2.47 bits per heavy atom. The lowest BCUT2D eigenvalue weighted by Gasteiger charge is -2.33. The maximum Gasteiger partial charge on any atom is 0.319 e. The number of benzene rings is 1. The van der Waals surface area contributed by atoms with Gasteiger partial charge in [0, 0.05) is 12.2 Å². The Morgan fingerprint density at radius 1 is 1.37 bits per heavy atom. The van der Waals surface area contributed by atoms with Gasteiger partial charge in [-0.05, 0) is 31.0 Å². The summed E-state index contributed by atoms with van der Waals surface area (Å²) in [6, 6.07) is 4.59. The lowest BCUT2D eigenvalue weighted by atomic mass is 9.89. The van der Waals surface area contributed by atoms with Gasteiger partial charge in [0.15, 0.2) is 0 Å². The Balaban J connectivity index is 2.72. The van der Waals surface area contributed by atoms with Crippen LogP contribution in [0.2, 0.25) is 10.0 Å². The van der Waals surface area contributed by atoms with E-state index in [9.17, 15) is 4.79 Å². The zero-order valence-corrected chi connectivity index (χ0v) is 12.8. The van der Waals surface area contributed by atoms with Crippen molar-refractivity contribution in [2.75, 3.05) is 11.9 Å². The average molecular weight is 304 g/mol. The highest BCUT2D eigenvalue weighted by atomic mass is 35.5. The number of hydrogen-bond donors (Lipinski definition) is 3. The number of nitrogens with two attached hydrogens (primary N) is 1. The van der Waals surface area contributed by atoms with Crippen LogP contribution in [-0.2, 0) is 0 Å². The van der Waals surface area contributed by atoms with Crippen LogP contribution in [0.25, 0.3) is 0 Å². The van der Waals surface area contributed by atoms with Crippen molar-refractivity contribution in [1.82, 2.24) is 5.32 Å². The molecule has 0 fully saturated rings. The van der Waals surface area contributed by atoms with E-state index in [0.29, 0.717) is 22.3 Å². The van der Waals surface area contributed by atoms with Crippen LogP contribution < -0.4 is 16.4 Å². The van der Waals surface area contributed by atoms with Gasteiger partial charge in [0.1, 0.15) is 0 Å². The Morgan fingerprint density at radius 2 is 2.00 bits per heavy atom. The van der Waals surface area contributed by atoms with Crippen molar-refractivity contribution in [1.29, 1.82) is 0 Å². The van der Waals surface area contributed by atoms with E-state index in [4.69, 9.17) is 28.9 Å². The highest BCUT2D eigenvalue weighted by Crippen LogP contribution is 2.25. The number of carbonyl (C=O) groups excluding carboxylic acids is 1. The summed E-state index contributed by atoms with van der Waals surface area (Å²) in [5.41, 5.74) is 5.83. The summed E-state index contributed by atoms with van der Waals surface area (Å²) >= 11 is 11.7. The van der Waals surface area contributed by atoms with Crippen molar-refractivity contribution in [2.45, 2.75) is 26.3 Å². The topological polar surface area (TPSA) is 67.1 Å². The van der Waals surface area contributed by atoms with Crippen molar-refractivity contribution >= 4 is 34.9 Å². The molecule has 0 aliphatic rings. The van der Waals surface area contributed by atoms with Gasteiger partial charge in [-0.1, -0.05) is 37.0 Å². The van der Waals surface area contributed by atoms with Crippen LogP contribution >= 0.6 is 23.2 Å². The van der Waals surface area contributed by atoms with Gasteiger partial charge in [-0.3, -0.25) is 0 Å². The van der Waals surface area contributed by atoms with E-state index in [0.717, 1.165) is 0 Å². The Kier molecular flexibility index (Phi) is 5.47. The molecule has 0 aliphatic carbocycles. The highest BCUT2D eigenvalue weighted by molar-refractivity contribution is 6.42. The fourth-order valence-electron chi connectivity index (χ4n) is 1.43. The van der Waals surface area contributed by atoms with Crippen LogP contribution in [0, 0.1) is 5.92 Å². The normalized spacial score (nSPS) is 14.1. The summed E-state index contributed by atoms with van der Waals surface area (Å²) in [5, 5.41) is 6.42. The molecule has 1 unspecified atom stereocenters. The van der Waals surface area contributed by atoms with Gasteiger partial charge in [0.25, 0.3) is 0 Å². The predicted octanol–water partition coefficient (Wildman–Crippen LogP) is 3.49. The SMILES string of the molecule is CC(C)C(C)(CN)NC(=O)Nc1ccc(Cl)c(Cl)c1. The molecule has 4 nitrogen and oxygen atoms in total. The number of rotatable bonds is 4. The molecule has 0 aromatic heterocycles. The maximum absolute atomic E-state index is 11.9. The fraction of sp³-hybridized carbons (Fsp3) is 0.462. The summed E-state index contributed by atoms with van der Waals surface area (Å²) in [4.78, 5) is 11.9. The molecule has 19 heavy (non-hydrogen) atoms. The molecule has 0 radical (unpaired) electrons. The smallest absolute Gasteiger partial charge is 0.319 e. The summed E-state index contributed by atoms with van der Waals surface area (Å²) in [5.74, 6) is 0.219. The van der Waals surface area contributed by atoms with Crippen LogP contribution in [0.5, 0.6) is 0 Å². The molecule has 1 rings (SSSR count). The Bertz CT molecular complexity index is 465. The van der Waals surface area contributed by atoms with E-state index in [-0.39, 0.29) is 11.9 Å². The van der Waals surface area contributed by atoms with Crippen LogP contribution in [-0.4, -0.2) is 18.1 Å². The number of halogens is 2. The first-order valence-electron chi connectivity index (χ1n) is 6.03. The number of carbonyl (C=O) groups is 1. The van der Waals surface area contributed by atoms with Gasteiger partial charge in [-0.25, -0.2) is 4.79 Å². The molecule has 4 N–H and O–H groups in total. The zero-order chi connectivity index (χ0) is 14.6. The average Bonchev–Trinajstić information content (AvgIpc) is 2.33. The molecule has 0 aliphatic heterocycles. The van der Waals surface area contributed by atoms with Gasteiger partial charge >= 0.3 is 6.03 Å². The molecule has 0 bridgehead atoms. The van der Waals surface area contributed by atoms with Crippen LogP contribution in [0.3, 0.4) is 0 Å².